The van der Waals surface area contributed by atoms with Crippen LogP contribution in [0.15, 0.2) is 12.2 Å². The highest BCUT2D eigenvalue weighted by Gasteiger charge is 1.79. The molecule has 0 aromatic heterocycles. The summed E-state index contributed by atoms with van der Waals surface area (Å²) in [5.74, 6) is 0. The molecule has 1 N–H and O–H groups in total. The minimum Gasteiger partial charge on any atom is -0.392 e. The number of aliphatic hydroxyl groups is 1. The summed E-state index contributed by atoms with van der Waals surface area (Å²) in [6.45, 7) is 2.94. The van der Waals surface area contributed by atoms with E-state index < -0.39 is 0 Å². The van der Waals surface area contributed by atoms with Crippen LogP contribution in [0.1, 0.15) is 0 Å². The second kappa shape index (κ2) is 2.60. The Morgan fingerprint density at radius 3 is 2.50 bits per heavy atom. The molecule has 0 aromatic rings. The second-order valence-electron chi connectivity index (χ2n) is 0.934. The van der Waals surface area contributed by atoms with E-state index in [1.54, 1.807) is 0 Å². The highest BCUT2D eigenvalue weighted by molar-refractivity contribution is 5.72. The molecule has 2 nitrogen and oxygen atoms in total. The summed E-state index contributed by atoms with van der Waals surface area (Å²) in [4.78, 5) is 9.48. The molecule has 0 aliphatic rings. The van der Waals surface area contributed by atoms with Crippen LogP contribution in [0.5, 0.6) is 0 Å². The van der Waals surface area contributed by atoms with Crippen LogP contribution in [-0.4, -0.2) is 18.0 Å². The van der Waals surface area contributed by atoms with Crippen molar-refractivity contribution in [1.29, 1.82) is 0 Å². The molecule has 0 unspecified atom stereocenters. The lowest BCUT2D eigenvalue weighted by Gasteiger charge is -1.79. The van der Waals surface area contributed by atoms with Gasteiger partial charge in [0.1, 0.15) is 6.29 Å². The summed E-state index contributed by atoms with van der Waals surface area (Å²) in [5, 5.41) is 8.00. The Kier molecular flexibility index (Phi) is 2.33. The van der Waals surface area contributed by atoms with Gasteiger partial charge in [0.25, 0.3) is 0 Å². The van der Waals surface area contributed by atoms with Gasteiger partial charge in [-0.15, -0.1) is 0 Å². The van der Waals surface area contributed by atoms with E-state index in [1.165, 1.54) is 0 Å². The predicted octanol–water partition coefficient (Wildman–Crippen LogP) is -0.266. The molecule has 0 fully saturated rings. The molecule has 6 heavy (non-hydrogen) atoms. The molecule has 0 aromatic carbocycles. The lowest BCUT2D eigenvalue weighted by molar-refractivity contribution is -0.105. The van der Waals surface area contributed by atoms with Gasteiger partial charge in [-0.25, -0.2) is 0 Å². The van der Waals surface area contributed by atoms with Gasteiger partial charge in [-0.1, -0.05) is 6.58 Å². The first kappa shape index (κ1) is 5.37. The topological polar surface area (TPSA) is 37.3 Å². The van der Waals surface area contributed by atoms with E-state index in [0.29, 0.717) is 6.29 Å². The summed E-state index contributed by atoms with van der Waals surface area (Å²) >= 11 is 0. The Bertz CT molecular complexity index is 65.9. The van der Waals surface area contributed by atoms with Gasteiger partial charge in [0.15, 0.2) is 0 Å². The number of aldehydes is 1. The molecule has 0 atom stereocenters. The number of hydrogen-bond acceptors (Lipinski definition) is 2. The van der Waals surface area contributed by atoms with Crippen molar-refractivity contribution in [3.05, 3.63) is 12.2 Å². The summed E-state index contributed by atoms with van der Waals surface area (Å²) in [5.41, 5.74) is 0.218. The lowest BCUT2D eigenvalue weighted by Crippen LogP contribution is -1.86. The Morgan fingerprint density at radius 2 is 2.50 bits per heavy atom. The highest BCUT2D eigenvalue weighted by Crippen LogP contribution is 1.74. The van der Waals surface area contributed by atoms with Gasteiger partial charge in [0.2, 0.25) is 0 Å². The van der Waals surface area contributed by atoms with Crippen LogP contribution in [0.4, 0.5) is 0 Å². The van der Waals surface area contributed by atoms with Crippen molar-refractivity contribution in [3.8, 4) is 0 Å². The molecule has 0 heterocycles. The summed E-state index contributed by atoms with van der Waals surface area (Å²) in [7, 11) is 0. The monoisotopic (exact) mass is 86.0 g/mol. The van der Waals surface area contributed by atoms with Crippen LogP contribution >= 0.6 is 0 Å². The van der Waals surface area contributed by atoms with Gasteiger partial charge >= 0.3 is 0 Å². The average molecular weight is 86.1 g/mol. The maximum Gasteiger partial charge on any atom is 0.147 e. The van der Waals surface area contributed by atoms with Crippen molar-refractivity contribution >= 4 is 6.29 Å². The molecule has 34 valence electrons. The minimum absolute atomic E-state index is 0.218. The maximum atomic E-state index is 9.48. The van der Waals surface area contributed by atoms with Crippen molar-refractivity contribution in [1.82, 2.24) is 0 Å². The smallest absolute Gasteiger partial charge is 0.147 e. The Balaban J connectivity index is 3.23. The number of carbonyl (C=O) groups excluding carboxylic acids is 1. The first-order valence-electron chi connectivity index (χ1n) is 1.55. The van der Waals surface area contributed by atoms with E-state index in [0.717, 1.165) is 0 Å². The third-order valence-electron chi connectivity index (χ3n) is 0.370. The SMILES string of the molecule is C=C(C=O)CO. The quantitative estimate of drug-likeness (QED) is 0.371. The van der Waals surface area contributed by atoms with Crippen LogP contribution in [0.25, 0.3) is 0 Å². The Hall–Kier alpha value is -0.630. The molecule has 0 amide bonds. The zero-order chi connectivity index (χ0) is 4.99. The fraction of sp³-hybridized carbons (Fsp3) is 0.250. The van der Waals surface area contributed by atoms with Gasteiger partial charge in [0, 0.05) is 5.57 Å². The fourth-order valence-corrected chi connectivity index (χ4v) is 0.0373. The lowest BCUT2D eigenvalue weighted by atomic mass is 10.4. The van der Waals surface area contributed by atoms with Gasteiger partial charge in [-0.2, -0.15) is 0 Å². The van der Waals surface area contributed by atoms with Gasteiger partial charge in [-0.05, 0) is 0 Å². The van der Waals surface area contributed by atoms with Crippen LogP contribution in [-0.2, 0) is 4.79 Å². The summed E-state index contributed by atoms with van der Waals surface area (Å²) in [6.07, 6.45) is 0.528. The molecule has 0 aliphatic carbocycles. The first-order valence-corrected chi connectivity index (χ1v) is 1.55. The number of hydrogen-bond donors (Lipinski definition) is 1. The molecule has 0 bridgehead atoms. The van der Waals surface area contributed by atoms with E-state index in [2.05, 4.69) is 6.58 Å². The van der Waals surface area contributed by atoms with E-state index in [-0.39, 0.29) is 12.2 Å². The fourth-order valence-electron chi connectivity index (χ4n) is 0.0373. The van der Waals surface area contributed by atoms with Crippen LogP contribution in [0, 0.1) is 0 Å². The molecule has 0 radical (unpaired) electrons. The summed E-state index contributed by atoms with van der Waals surface area (Å²) in [6, 6.07) is 0. The third kappa shape index (κ3) is 1.67. The van der Waals surface area contributed by atoms with E-state index in [4.69, 9.17) is 5.11 Å². The average Bonchev–Trinajstić information content (AvgIpc) is 1.65. The van der Waals surface area contributed by atoms with Crippen molar-refractivity contribution in [2.75, 3.05) is 6.61 Å². The molecule has 0 rings (SSSR count). The number of carbonyl (C=O) groups is 1. The molecule has 0 aliphatic heterocycles. The van der Waals surface area contributed by atoms with Crippen molar-refractivity contribution in [2.24, 2.45) is 0 Å². The maximum absolute atomic E-state index is 9.48. The van der Waals surface area contributed by atoms with E-state index >= 15 is 0 Å². The van der Waals surface area contributed by atoms with Crippen LogP contribution in [0.2, 0.25) is 0 Å². The standard InChI is InChI=1S/C4H6O2/c1-4(2-5)3-6/h2,6H,1,3H2. The zero-order valence-corrected chi connectivity index (χ0v) is 3.35. The van der Waals surface area contributed by atoms with E-state index in [1.807, 2.05) is 0 Å². The Labute approximate surface area is 36.1 Å². The normalized spacial score (nSPS) is 7.50. The van der Waals surface area contributed by atoms with Gasteiger partial charge in [0.05, 0.1) is 6.61 Å². The molecular weight excluding hydrogens is 80.0 g/mol. The number of rotatable bonds is 2. The first-order chi connectivity index (χ1) is 2.81. The van der Waals surface area contributed by atoms with E-state index in [9.17, 15) is 4.79 Å². The van der Waals surface area contributed by atoms with Gasteiger partial charge < -0.3 is 5.11 Å². The van der Waals surface area contributed by atoms with Crippen molar-refractivity contribution < 1.29 is 9.90 Å². The van der Waals surface area contributed by atoms with Gasteiger partial charge in [-0.3, -0.25) is 4.79 Å². The molecule has 2 heteroatoms. The second-order valence-corrected chi connectivity index (χ2v) is 0.934. The summed E-state index contributed by atoms with van der Waals surface area (Å²) < 4.78 is 0. The molecule has 0 spiro atoms. The molecule has 0 saturated carbocycles. The Morgan fingerprint density at radius 1 is 2.00 bits per heavy atom. The van der Waals surface area contributed by atoms with Crippen molar-refractivity contribution in [3.63, 3.8) is 0 Å². The predicted molar refractivity (Wildman–Crippen MR) is 22.3 cm³/mol. The largest absolute Gasteiger partial charge is 0.392 e. The third-order valence-corrected chi connectivity index (χ3v) is 0.370. The zero-order valence-electron chi connectivity index (χ0n) is 3.35. The van der Waals surface area contributed by atoms with Crippen molar-refractivity contribution in [2.45, 2.75) is 0 Å². The highest BCUT2D eigenvalue weighted by atomic mass is 16.3. The molecular formula is C4H6O2. The molecule has 0 saturated heterocycles. The van der Waals surface area contributed by atoms with Crippen LogP contribution in [0.3, 0.4) is 0 Å². The minimum atomic E-state index is -0.233. The van der Waals surface area contributed by atoms with Crippen LogP contribution < -0.4 is 0 Å². The number of aliphatic hydroxyl groups excluding tert-OH is 1.